The van der Waals surface area contributed by atoms with E-state index in [2.05, 4.69) is 0 Å². The minimum atomic E-state index is -0.932. The summed E-state index contributed by atoms with van der Waals surface area (Å²) in [7, 11) is 3.22. The molecular formula is C23H30O5. The van der Waals surface area contributed by atoms with E-state index in [1.165, 1.54) is 0 Å². The van der Waals surface area contributed by atoms with Gasteiger partial charge in [-0.1, -0.05) is 31.2 Å². The van der Waals surface area contributed by atoms with Crippen LogP contribution in [0.2, 0.25) is 0 Å². The van der Waals surface area contributed by atoms with Crippen LogP contribution >= 0.6 is 0 Å². The van der Waals surface area contributed by atoms with Gasteiger partial charge in [-0.15, -0.1) is 0 Å². The maximum absolute atomic E-state index is 12.0. The number of carbonyl (C=O) groups is 1. The van der Waals surface area contributed by atoms with Crippen LogP contribution in [0.1, 0.15) is 50.5 Å². The minimum Gasteiger partial charge on any atom is -0.497 e. The lowest BCUT2D eigenvalue weighted by atomic mass is 9.77. The van der Waals surface area contributed by atoms with Gasteiger partial charge in [-0.3, -0.25) is 4.79 Å². The summed E-state index contributed by atoms with van der Waals surface area (Å²) < 4.78 is 24.9. The Morgan fingerprint density at radius 1 is 1.00 bits per heavy atom. The van der Waals surface area contributed by atoms with Crippen molar-refractivity contribution < 1.29 is 25.5 Å². The molecule has 5 nitrogen and oxygen atoms in total. The highest BCUT2D eigenvalue weighted by atomic mass is 16.5. The first-order valence-electron chi connectivity index (χ1n) is 10.0. The Bertz CT molecular complexity index is 760. The zero-order chi connectivity index (χ0) is 21.3. The molecule has 0 amide bonds. The number of methoxy groups -OCH3 is 2. The molecule has 2 aromatic rings. The predicted molar refractivity (Wildman–Crippen MR) is 109 cm³/mol. The largest absolute Gasteiger partial charge is 0.497 e. The van der Waals surface area contributed by atoms with Crippen LogP contribution in [0.3, 0.4) is 0 Å². The number of ether oxygens (including phenoxy) is 3. The highest BCUT2D eigenvalue weighted by Crippen LogP contribution is 2.39. The van der Waals surface area contributed by atoms with Crippen molar-refractivity contribution in [2.24, 2.45) is 0 Å². The number of aliphatic hydroxyl groups is 1. The molecule has 0 aliphatic carbocycles. The van der Waals surface area contributed by atoms with Crippen LogP contribution in [0, 0.1) is 0 Å². The summed E-state index contributed by atoms with van der Waals surface area (Å²) in [6, 6.07) is 15.2. The maximum atomic E-state index is 12.0. The average Bonchev–Trinajstić information content (AvgIpc) is 2.77. The number of hydrogen-bond acceptors (Lipinski definition) is 5. The second kappa shape index (κ2) is 11.3. The lowest BCUT2D eigenvalue weighted by molar-refractivity contribution is -0.144. The van der Waals surface area contributed by atoms with Crippen LogP contribution < -0.4 is 9.47 Å². The van der Waals surface area contributed by atoms with Crippen molar-refractivity contribution in [1.29, 1.82) is 0 Å². The van der Waals surface area contributed by atoms with Crippen LogP contribution in [0.4, 0.5) is 0 Å². The lowest BCUT2D eigenvalue weighted by Crippen LogP contribution is -2.15. The van der Waals surface area contributed by atoms with Gasteiger partial charge in [0.15, 0.2) is 0 Å². The molecule has 28 heavy (non-hydrogen) atoms. The Morgan fingerprint density at radius 3 is 2.00 bits per heavy atom. The van der Waals surface area contributed by atoms with Crippen LogP contribution in [0.15, 0.2) is 48.5 Å². The van der Waals surface area contributed by atoms with Gasteiger partial charge in [0.2, 0.25) is 0 Å². The molecule has 0 saturated carbocycles. The van der Waals surface area contributed by atoms with E-state index >= 15 is 0 Å². The first-order valence-corrected chi connectivity index (χ1v) is 9.53. The molecule has 0 aromatic heterocycles. The Hall–Kier alpha value is -2.53. The Labute approximate surface area is 168 Å². The van der Waals surface area contributed by atoms with E-state index in [9.17, 15) is 6.17 Å². The number of esters is 1. The zero-order valence-corrected chi connectivity index (χ0v) is 16.8. The molecule has 5 heteroatoms. The molecule has 152 valence electrons. The summed E-state index contributed by atoms with van der Waals surface area (Å²) in [5.41, 5.74) is 1.83. The monoisotopic (exact) mass is 387 g/mol. The van der Waals surface area contributed by atoms with Crippen molar-refractivity contribution in [2.75, 3.05) is 27.4 Å². The number of rotatable bonds is 11. The van der Waals surface area contributed by atoms with Gasteiger partial charge in [0.1, 0.15) is 18.1 Å². The molecular weight excluding hydrogens is 356 g/mol. The van der Waals surface area contributed by atoms with Crippen molar-refractivity contribution in [2.45, 2.75) is 38.0 Å². The van der Waals surface area contributed by atoms with Crippen molar-refractivity contribution in [1.82, 2.24) is 0 Å². The molecule has 0 aliphatic heterocycles. The fourth-order valence-electron chi connectivity index (χ4n) is 3.33. The number of aliphatic hydroxyl groups excluding tert-OH is 1. The molecule has 0 unspecified atom stereocenters. The Kier molecular flexibility index (Phi) is 8.19. The normalized spacial score (nSPS) is 14.5. The van der Waals surface area contributed by atoms with E-state index in [1.54, 1.807) is 14.2 Å². The van der Waals surface area contributed by atoms with Crippen molar-refractivity contribution in [3.05, 3.63) is 59.7 Å². The van der Waals surface area contributed by atoms with Crippen LogP contribution in [-0.2, 0) is 9.53 Å². The first-order chi connectivity index (χ1) is 14.0. The average molecular weight is 387 g/mol. The molecule has 0 aliphatic rings. The van der Waals surface area contributed by atoms with Crippen molar-refractivity contribution in [3.63, 3.8) is 0 Å². The molecule has 2 atom stereocenters. The van der Waals surface area contributed by atoms with E-state index in [1.807, 2.05) is 55.5 Å². The van der Waals surface area contributed by atoms with E-state index in [-0.39, 0.29) is 31.5 Å². The summed E-state index contributed by atoms with van der Waals surface area (Å²) in [5.74, 6) is -0.0515. The highest BCUT2D eigenvalue weighted by molar-refractivity contribution is 5.69. The third-order valence-electron chi connectivity index (χ3n) is 4.77. The van der Waals surface area contributed by atoms with Crippen molar-refractivity contribution in [3.8, 4) is 11.5 Å². The van der Waals surface area contributed by atoms with Gasteiger partial charge in [0.25, 0.3) is 0 Å². The standard InChI is InChI=1S/C23H30O5/c1-4-21(17-5-9-19(26-2)10-6-17)22(13-14-23(25)28-16-15-24)18-7-11-20(27-3)12-8-18/h5-12,21-22,24H,4,13-16H2,1-3H3/t21-,22+/m1/s1/i21D. The SMILES string of the molecule is [2H][C@@](CC)(c1ccc(OC)cc1)[C@@H](CCC(=O)OCCO)c1ccc(OC)cc1. The Morgan fingerprint density at radius 2 is 1.54 bits per heavy atom. The molecule has 0 spiro atoms. The number of carbonyl (C=O) groups excluding carboxylic acids is 1. The van der Waals surface area contributed by atoms with Gasteiger partial charge in [-0.2, -0.15) is 0 Å². The van der Waals surface area contributed by atoms with Gasteiger partial charge < -0.3 is 19.3 Å². The van der Waals surface area contributed by atoms with Gasteiger partial charge in [0.05, 0.1) is 20.8 Å². The van der Waals surface area contributed by atoms with E-state index in [0.29, 0.717) is 12.8 Å². The molecule has 0 fully saturated rings. The second-order valence-corrected chi connectivity index (χ2v) is 6.42. The van der Waals surface area contributed by atoms with Crippen LogP contribution in [0.5, 0.6) is 11.5 Å². The summed E-state index contributed by atoms with van der Waals surface area (Å²) >= 11 is 0. The molecule has 0 radical (unpaired) electrons. The highest BCUT2D eigenvalue weighted by Gasteiger charge is 2.25. The molecule has 0 bridgehead atoms. The smallest absolute Gasteiger partial charge is 0.305 e. The van der Waals surface area contributed by atoms with Crippen molar-refractivity contribution >= 4 is 5.97 Å². The third kappa shape index (κ3) is 5.99. The van der Waals surface area contributed by atoms with Crippen LogP contribution in [0.25, 0.3) is 0 Å². The topological polar surface area (TPSA) is 65.0 Å². The summed E-state index contributed by atoms with van der Waals surface area (Å²) in [6.07, 6.45) is 1.20. The first kappa shape index (κ1) is 20.2. The number of benzene rings is 2. The molecule has 1 N–H and O–H groups in total. The quantitative estimate of drug-likeness (QED) is 0.583. The molecule has 2 rings (SSSR count). The van der Waals surface area contributed by atoms with Gasteiger partial charge in [-0.05, 0) is 60.0 Å². The summed E-state index contributed by atoms with van der Waals surface area (Å²) in [4.78, 5) is 12.0. The van der Waals surface area contributed by atoms with E-state index < -0.39 is 5.89 Å². The van der Waals surface area contributed by atoms with E-state index in [0.717, 1.165) is 22.6 Å². The second-order valence-electron chi connectivity index (χ2n) is 6.42. The fraction of sp³-hybridized carbons (Fsp3) is 0.435. The minimum absolute atomic E-state index is 0.00961. The number of hydrogen-bond donors (Lipinski definition) is 1. The summed E-state index contributed by atoms with van der Waals surface area (Å²) in [5, 5.41) is 8.85. The fourth-order valence-corrected chi connectivity index (χ4v) is 3.33. The molecule has 0 heterocycles. The molecule has 0 saturated heterocycles. The predicted octanol–water partition coefficient (Wildman–Crippen LogP) is 4.30. The van der Waals surface area contributed by atoms with E-state index in [4.69, 9.17) is 19.3 Å². The third-order valence-corrected chi connectivity index (χ3v) is 4.77. The van der Waals surface area contributed by atoms with Gasteiger partial charge >= 0.3 is 5.97 Å². The zero-order valence-electron chi connectivity index (χ0n) is 17.8. The Balaban J connectivity index is 2.36. The lowest BCUT2D eigenvalue weighted by Gasteiger charge is -2.27. The van der Waals surface area contributed by atoms with Gasteiger partial charge in [0, 0.05) is 7.79 Å². The summed E-state index contributed by atoms with van der Waals surface area (Å²) in [6.45, 7) is 1.78. The maximum Gasteiger partial charge on any atom is 0.305 e. The molecule has 2 aromatic carbocycles. The van der Waals surface area contributed by atoms with Gasteiger partial charge in [-0.25, -0.2) is 0 Å². The van der Waals surface area contributed by atoms with Crippen LogP contribution in [-0.4, -0.2) is 38.5 Å².